The number of carbonyl (C=O) groups is 1. The van der Waals surface area contributed by atoms with Crippen LogP contribution in [0.2, 0.25) is 0 Å². The summed E-state index contributed by atoms with van der Waals surface area (Å²) in [6, 6.07) is 19.7. The van der Waals surface area contributed by atoms with Crippen molar-refractivity contribution in [1.29, 1.82) is 0 Å². The molecular formula is C32H44O6. The number of carbonyl (C=O) groups excluding carboxylic acids is 1. The molecule has 6 nitrogen and oxygen atoms in total. The summed E-state index contributed by atoms with van der Waals surface area (Å²) in [4.78, 5) is 13.3. The second-order valence-electron chi connectivity index (χ2n) is 9.80. The van der Waals surface area contributed by atoms with Gasteiger partial charge in [0.05, 0.1) is 13.2 Å². The first-order chi connectivity index (χ1) is 18.7. The third-order valence-electron chi connectivity index (χ3n) is 6.83. The van der Waals surface area contributed by atoms with E-state index in [0.29, 0.717) is 13.2 Å². The molecule has 208 valence electrons. The highest BCUT2D eigenvalue weighted by Crippen LogP contribution is 2.30. The van der Waals surface area contributed by atoms with Crippen molar-refractivity contribution in [2.45, 2.75) is 102 Å². The molecule has 0 saturated carbocycles. The fourth-order valence-corrected chi connectivity index (χ4v) is 4.64. The highest BCUT2D eigenvalue weighted by Gasteiger charge is 2.51. The summed E-state index contributed by atoms with van der Waals surface area (Å²) in [6.45, 7) is 6.76. The summed E-state index contributed by atoms with van der Waals surface area (Å²) in [7, 11) is 1.54. The van der Waals surface area contributed by atoms with E-state index in [1.807, 2.05) is 60.7 Å². The average Bonchev–Trinajstić information content (AvgIpc) is 3.32. The molecule has 0 aliphatic carbocycles. The number of rotatable bonds is 18. The first-order valence-electron chi connectivity index (χ1n) is 14.0. The van der Waals surface area contributed by atoms with Crippen LogP contribution < -0.4 is 0 Å². The molecule has 38 heavy (non-hydrogen) atoms. The summed E-state index contributed by atoms with van der Waals surface area (Å²) >= 11 is 0. The van der Waals surface area contributed by atoms with E-state index in [1.165, 1.54) is 32.1 Å². The lowest BCUT2D eigenvalue weighted by atomic mass is 10.1. The Hall–Kier alpha value is -2.51. The van der Waals surface area contributed by atoms with Crippen LogP contribution in [-0.4, -0.2) is 43.8 Å². The smallest absolute Gasteiger partial charge is 0.338 e. The fourth-order valence-electron chi connectivity index (χ4n) is 4.64. The normalized spacial score (nSPS) is 21.7. The molecule has 0 N–H and O–H groups in total. The van der Waals surface area contributed by atoms with Crippen LogP contribution in [0.1, 0.15) is 69.4 Å². The Morgan fingerprint density at radius 1 is 0.868 bits per heavy atom. The van der Waals surface area contributed by atoms with Crippen molar-refractivity contribution >= 4 is 5.97 Å². The van der Waals surface area contributed by atoms with Crippen molar-refractivity contribution in [3.05, 3.63) is 84.4 Å². The van der Waals surface area contributed by atoms with E-state index < -0.39 is 30.6 Å². The summed E-state index contributed by atoms with van der Waals surface area (Å²) < 4.78 is 29.9. The predicted molar refractivity (Wildman–Crippen MR) is 148 cm³/mol. The number of esters is 1. The van der Waals surface area contributed by atoms with Crippen LogP contribution in [0.5, 0.6) is 0 Å². The van der Waals surface area contributed by atoms with E-state index >= 15 is 0 Å². The van der Waals surface area contributed by atoms with Crippen LogP contribution in [0, 0.1) is 0 Å². The van der Waals surface area contributed by atoms with E-state index in [9.17, 15) is 4.79 Å². The number of ether oxygens (including phenoxy) is 5. The van der Waals surface area contributed by atoms with Crippen molar-refractivity contribution in [1.82, 2.24) is 0 Å². The molecular weight excluding hydrogens is 480 g/mol. The Balaban J connectivity index is 1.62. The predicted octanol–water partition coefficient (Wildman–Crippen LogP) is 6.77. The van der Waals surface area contributed by atoms with Gasteiger partial charge >= 0.3 is 5.97 Å². The van der Waals surface area contributed by atoms with Gasteiger partial charge in [-0.2, -0.15) is 0 Å². The number of unbranched alkanes of at least 4 members (excludes halogenated alkanes) is 6. The van der Waals surface area contributed by atoms with Crippen molar-refractivity contribution in [2.75, 3.05) is 7.11 Å². The zero-order chi connectivity index (χ0) is 27.0. The van der Waals surface area contributed by atoms with Crippen molar-refractivity contribution in [3.63, 3.8) is 0 Å². The highest BCUT2D eigenvalue weighted by molar-refractivity contribution is 5.76. The molecule has 0 amide bonds. The zero-order valence-electron chi connectivity index (χ0n) is 23.0. The summed E-state index contributed by atoms with van der Waals surface area (Å²) in [5.74, 6) is -0.483. The Morgan fingerprint density at radius 2 is 1.42 bits per heavy atom. The van der Waals surface area contributed by atoms with E-state index in [-0.39, 0.29) is 6.10 Å². The summed E-state index contributed by atoms with van der Waals surface area (Å²) in [5.41, 5.74) is 2.00. The quantitative estimate of drug-likeness (QED) is 0.122. The van der Waals surface area contributed by atoms with Gasteiger partial charge in [-0.3, -0.25) is 0 Å². The number of methoxy groups -OCH3 is 1. The van der Waals surface area contributed by atoms with Crippen LogP contribution >= 0.6 is 0 Å². The Labute approximate surface area is 228 Å². The highest BCUT2D eigenvalue weighted by atomic mass is 16.7. The van der Waals surface area contributed by atoms with Crippen LogP contribution in [0.25, 0.3) is 0 Å². The van der Waals surface area contributed by atoms with Crippen LogP contribution in [0.4, 0.5) is 0 Å². The van der Waals surface area contributed by atoms with Gasteiger partial charge in [0.25, 0.3) is 0 Å². The van der Waals surface area contributed by atoms with E-state index in [4.69, 9.17) is 23.7 Å². The molecule has 1 heterocycles. The lowest BCUT2D eigenvalue weighted by Crippen LogP contribution is -2.42. The molecule has 0 aromatic heterocycles. The minimum absolute atomic E-state index is 0.309. The van der Waals surface area contributed by atoms with Gasteiger partial charge in [0.1, 0.15) is 18.3 Å². The average molecular weight is 525 g/mol. The fraction of sp³-hybridized carbons (Fsp3) is 0.531. The minimum Gasteiger partial charge on any atom is -0.456 e. The first-order valence-corrected chi connectivity index (χ1v) is 14.0. The maximum absolute atomic E-state index is 13.3. The lowest BCUT2D eigenvalue weighted by molar-refractivity contribution is -0.183. The van der Waals surface area contributed by atoms with Gasteiger partial charge in [-0.15, -0.1) is 0 Å². The largest absolute Gasteiger partial charge is 0.456 e. The third-order valence-corrected chi connectivity index (χ3v) is 6.83. The molecule has 2 aromatic carbocycles. The first kappa shape index (κ1) is 30.0. The van der Waals surface area contributed by atoms with Crippen LogP contribution in [-0.2, 0) is 41.7 Å². The summed E-state index contributed by atoms with van der Waals surface area (Å²) in [6.07, 6.45) is 7.42. The Kier molecular flexibility index (Phi) is 13.6. The summed E-state index contributed by atoms with van der Waals surface area (Å²) in [5, 5.41) is 0. The second-order valence-corrected chi connectivity index (χ2v) is 9.80. The maximum atomic E-state index is 13.3. The van der Waals surface area contributed by atoms with E-state index in [2.05, 4.69) is 13.5 Å². The molecule has 2 aromatic rings. The topological polar surface area (TPSA) is 63.2 Å². The number of benzene rings is 2. The monoisotopic (exact) mass is 524 g/mol. The van der Waals surface area contributed by atoms with Crippen molar-refractivity contribution in [2.24, 2.45) is 0 Å². The van der Waals surface area contributed by atoms with E-state index in [1.54, 1.807) is 13.2 Å². The molecule has 1 aliphatic rings. The van der Waals surface area contributed by atoms with Gasteiger partial charge in [0.15, 0.2) is 12.4 Å². The molecule has 1 saturated heterocycles. The van der Waals surface area contributed by atoms with Crippen molar-refractivity contribution in [3.8, 4) is 0 Å². The van der Waals surface area contributed by atoms with Crippen LogP contribution in [0.3, 0.4) is 0 Å². The molecule has 5 atom stereocenters. The Bertz CT molecular complexity index is 918. The van der Waals surface area contributed by atoms with E-state index in [0.717, 1.165) is 30.4 Å². The number of hydrogen-bond acceptors (Lipinski definition) is 6. The maximum Gasteiger partial charge on any atom is 0.338 e. The van der Waals surface area contributed by atoms with Gasteiger partial charge in [0.2, 0.25) is 0 Å². The molecule has 1 fully saturated rings. The molecule has 0 spiro atoms. The molecule has 3 rings (SSSR count). The zero-order valence-corrected chi connectivity index (χ0v) is 23.0. The van der Waals surface area contributed by atoms with Gasteiger partial charge in [-0.25, -0.2) is 4.79 Å². The third kappa shape index (κ3) is 9.66. The molecule has 6 heteroatoms. The van der Waals surface area contributed by atoms with Gasteiger partial charge < -0.3 is 23.7 Å². The van der Waals surface area contributed by atoms with Crippen molar-refractivity contribution < 1.29 is 28.5 Å². The van der Waals surface area contributed by atoms with Crippen LogP contribution in [0.15, 0.2) is 73.3 Å². The second kappa shape index (κ2) is 17.2. The SMILES string of the molecule is C=C[C@@H](CCCCCCCCC)OC(=O)[C@H]1O[C@H](OC)[C@@H](OCc2ccccc2)[C@@H]1OCc1ccccc1. The van der Waals surface area contributed by atoms with Gasteiger partial charge in [-0.05, 0) is 24.0 Å². The minimum atomic E-state index is -0.971. The standard InChI is InChI=1S/C32H44O6/c1-4-6-7-8-9-10-17-22-27(5-2)37-31(33)29-28(35-23-25-18-13-11-14-19-25)30(32(34-3)38-29)36-24-26-20-15-12-16-21-26/h5,11-16,18-21,27-30,32H,2,4,6-10,17,22-24H2,1,3H3/t27-,28+,29-,30-,32-/m0/s1. The molecule has 0 radical (unpaired) electrons. The van der Waals surface area contributed by atoms with Gasteiger partial charge in [-0.1, -0.05) is 119 Å². The number of hydrogen-bond donors (Lipinski definition) is 0. The Morgan fingerprint density at radius 3 is 1.97 bits per heavy atom. The lowest BCUT2D eigenvalue weighted by Gasteiger charge is -2.24. The molecule has 1 aliphatic heterocycles. The van der Waals surface area contributed by atoms with Gasteiger partial charge in [0, 0.05) is 7.11 Å². The molecule has 0 unspecified atom stereocenters. The molecule has 0 bridgehead atoms.